The van der Waals surface area contributed by atoms with Crippen LogP contribution >= 0.6 is 12.6 Å². The fourth-order valence-corrected chi connectivity index (χ4v) is 5.13. The van der Waals surface area contributed by atoms with E-state index in [2.05, 4.69) is 33.0 Å². The quantitative estimate of drug-likeness (QED) is 0.567. The minimum Gasteiger partial charge on any atom is -0.316 e. The summed E-state index contributed by atoms with van der Waals surface area (Å²) in [4.78, 5) is 0. The maximum absolute atomic E-state index is 5.32. The van der Waals surface area contributed by atoms with E-state index in [1.165, 1.54) is 64.5 Å². The number of fused-ring (bicyclic) bond motifs is 1. The molecule has 2 heteroatoms. The largest absolute Gasteiger partial charge is 0.316 e. The molecule has 0 spiro atoms. The Morgan fingerprint density at radius 3 is 2.35 bits per heavy atom. The lowest BCUT2D eigenvalue weighted by atomic mass is 9.74. The van der Waals surface area contributed by atoms with Crippen molar-refractivity contribution >= 4 is 12.6 Å². The summed E-state index contributed by atoms with van der Waals surface area (Å²) in [7, 11) is 0. The van der Waals surface area contributed by atoms with Crippen LogP contribution in [-0.2, 0) is 0 Å². The fraction of sp³-hybridized carbons (Fsp3) is 1.00. The van der Waals surface area contributed by atoms with Gasteiger partial charge in [-0.15, -0.1) is 0 Å². The molecule has 0 radical (unpaired) electrons. The van der Waals surface area contributed by atoms with Gasteiger partial charge in [0, 0.05) is 16.7 Å². The van der Waals surface area contributed by atoms with E-state index < -0.39 is 0 Å². The molecule has 2 fully saturated rings. The van der Waals surface area contributed by atoms with Crippen molar-refractivity contribution in [3.8, 4) is 0 Å². The highest BCUT2D eigenvalue weighted by Gasteiger charge is 2.66. The monoisotopic (exact) mass is 297 g/mol. The van der Waals surface area contributed by atoms with Crippen molar-refractivity contribution < 1.29 is 0 Å². The van der Waals surface area contributed by atoms with Crippen molar-refractivity contribution in [3.05, 3.63) is 0 Å². The zero-order valence-electron chi connectivity index (χ0n) is 14.1. The van der Waals surface area contributed by atoms with Crippen molar-refractivity contribution in [2.45, 2.75) is 83.8 Å². The predicted molar refractivity (Wildman–Crippen MR) is 92.6 cm³/mol. The predicted octanol–water partition coefficient (Wildman–Crippen LogP) is 5.06. The molecule has 0 aromatic heterocycles. The van der Waals surface area contributed by atoms with Crippen LogP contribution in [0.15, 0.2) is 0 Å². The summed E-state index contributed by atoms with van der Waals surface area (Å²) in [6, 6.07) is 0. The highest BCUT2D eigenvalue weighted by Crippen LogP contribution is 2.66. The molecule has 3 unspecified atom stereocenters. The minimum atomic E-state index is 0.280. The summed E-state index contributed by atoms with van der Waals surface area (Å²) in [5.74, 6) is 0.922. The lowest BCUT2D eigenvalue weighted by Crippen LogP contribution is -2.39. The molecule has 3 atom stereocenters. The maximum Gasteiger partial charge on any atom is 0.0201 e. The lowest BCUT2D eigenvalue weighted by molar-refractivity contribution is 0.234. The molecule has 2 rings (SSSR count). The number of piperidine rings is 1. The molecule has 2 aliphatic rings. The average molecular weight is 298 g/mol. The third-order valence-corrected chi connectivity index (χ3v) is 6.97. The van der Waals surface area contributed by atoms with Gasteiger partial charge in [-0.25, -0.2) is 0 Å². The van der Waals surface area contributed by atoms with Crippen molar-refractivity contribution in [2.75, 3.05) is 13.1 Å². The Kier molecular flexibility index (Phi) is 5.17. The van der Waals surface area contributed by atoms with Gasteiger partial charge in [-0.05, 0) is 50.0 Å². The Bertz CT molecular complexity index is 327. The van der Waals surface area contributed by atoms with Gasteiger partial charge in [-0.3, -0.25) is 0 Å². The van der Waals surface area contributed by atoms with E-state index in [0.29, 0.717) is 10.8 Å². The van der Waals surface area contributed by atoms with E-state index >= 15 is 0 Å². The van der Waals surface area contributed by atoms with Gasteiger partial charge in [0.2, 0.25) is 0 Å². The molecule has 1 aliphatic carbocycles. The van der Waals surface area contributed by atoms with Crippen LogP contribution in [0.3, 0.4) is 0 Å². The van der Waals surface area contributed by atoms with Gasteiger partial charge in [-0.1, -0.05) is 47.0 Å². The molecule has 1 nitrogen and oxygen atoms in total. The van der Waals surface area contributed by atoms with Crippen LogP contribution in [0.25, 0.3) is 0 Å². The molecule has 0 aromatic carbocycles. The zero-order chi connectivity index (χ0) is 14.9. The van der Waals surface area contributed by atoms with Gasteiger partial charge in [0.25, 0.3) is 0 Å². The summed E-state index contributed by atoms with van der Waals surface area (Å²) in [5, 5.41) is 3.62. The summed E-state index contributed by atoms with van der Waals surface area (Å²) in [6.45, 7) is 12.0. The molecule has 1 N–H and O–H groups in total. The number of hydrogen-bond acceptors (Lipinski definition) is 2. The van der Waals surface area contributed by atoms with E-state index in [4.69, 9.17) is 12.6 Å². The maximum atomic E-state index is 5.32. The molecule has 1 saturated heterocycles. The number of thiol groups is 1. The second-order valence-electron chi connectivity index (χ2n) is 8.24. The third-order valence-electron chi connectivity index (χ3n) is 6.08. The first kappa shape index (κ1) is 16.7. The van der Waals surface area contributed by atoms with Crippen LogP contribution < -0.4 is 5.32 Å². The normalized spacial score (nSPS) is 31.9. The van der Waals surface area contributed by atoms with Crippen LogP contribution in [0.1, 0.15) is 79.1 Å². The highest BCUT2D eigenvalue weighted by atomic mass is 32.1. The van der Waals surface area contributed by atoms with Gasteiger partial charge in [0.1, 0.15) is 0 Å². The number of nitrogens with one attached hydrogen (secondary N) is 1. The van der Waals surface area contributed by atoms with E-state index in [1.54, 1.807) is 0 Å². The first-order valence-corrected chi connectivity index (χ1v) is 9.27. The fourth-order valence-electron chi connectivity index (χ4n) is 4.51. The molecular weight excluding hydrogens is 262 g/mol. The second-order valence-corrected chi connectivity index (χ2v) is 9.09. The molecule has 0 aromatic rings. The molecular formula is C18H35NS. The van der Waals surface area contributed by atoms with E-state index in [0.717, 1.165) is 5.92 Å². The summed E-state index contributed by atoms with van der Waals surface area (Å²) in [5.41, 5.74) is 1.02. The first-order valence-electron chi connectivity index (χ1n) is 8.82. The number of rotatable bonds is 9. The van der Waals surface area contributed by atoms with Crippen molar-refractivity contribution in [1.82, 2.24) is 5.32 Å². The molecule has 118 valence electrons. The number of hydrogen-bond donors (Lipinski definition) is 2. The number of unbranched alkanes of at least 4 members (excludes halogenated alkanes) is 1. The van der Waals surface area contributed by atoms with Crippen LogP contribution in [0.4, 0.5) is 0 Å². The van der Waals surface area contributed by atoms with Crippen molar-refractivity contribution in [2.24, 2.45) is 16.7 Å². The minimum absolute atomic E-state index is 0.280. The van der Waals surface area contributed by atoms with Crippen LogP contribution in [-0.4, -0.2) is 17.8 Å². The van der Waals surface area contributed by atoms with Crippen molar-refractivity contribution in [3.63, 3.8) is 0 Å². The van der Waals surface area contributed by atoms with Crippen LogP contribution in [0, 0.1) is 16.7 Å². The molecule has 20 heavy (non-hydrogen) atoms. The molecule has 0 bridgehead atoms. The van der Waals surface area contributed by atoms with Crippen LogP contribution in [0.2, 0.25) is 0 Å². The van der Waals surface area contributed by atoms with Crippen molar-refractivity contribution in [1.29, 1.82) is 0 Å². The van der Waals surface area contributed by atoms with Crippen LogP contribution in [0.5, 0.6) is 0 Å². The van der Waals surface area contributed by atoms with E-state index in [-0.39, 0.29) is 4.75 Å². The SMILES string of the molecule is CCCCC(S)(CCC(C)(C)CCC)C12CNCC1C2. The summed E-state index contributed by atoms with van der Waals surface area (Å²) in [6.07, 6.45) is 10.7. The Labute approximate surface area is 132 Å². The highest BCUT2D eigenvalue weighted by molar-refractivity contribution is 7.81. The molecule has 0 amide bonds. The second kappa shape index (κ2) is 6.20. The molecule has 1 heterocycles. The first-order chi connectivity index (χ1) is 9.39. The topological polar surface area (TPSA) is 12.0 Å². The Morgan fingerprint density at radius 1 is 1.10 bits per heavy atom. The Hall–Kier alpha value is 0.310. The Morgan fingerprint density at radius 2 is 1.85 bits per heavy atom. The van der Waals surface area contributed by atoms with E-state index in [1.807, 2.05) is 0 Å². The average Bonchev–Trinajstić information content (AvgIpc) is 2.97. The Balaban J connectivity index is 2.00. The van der Waals surface area contributed by atoms with Gasteiger partial charge in [-0.2, -0.15) is 12.6 Å². The standard InChI is InChI=1S/C18H35NS/c1-5-7-9-18(20,11-10-16(3,4)8-6-2)17-12-15(17)13-19-14-17/h15,19-20H,5-14H2,1-4H3. The summed E-state index contributed by atoms with van der Waals surface area (Å²) < 4.78 is 0.280. The lowest BCUT2D eigenvalue weighted by Gasteiger charge is -2.39. The summed E-state index contributed by atoms with van der Waals surface area (Å²) >= 11 is 5.32. The van der Waals surface area contributed by atoms with Gasteiger partial charge >= 0.3 is 0 Å². The van der Waals surface area contributed by atoms with Gasteiger partial charge in [0.05, 0.1) is 0 Å². The smallest absolute Gasteiger partial charge is 0.0201 e. The zero-order valence-corrected chi connectivity index (χ0v) is 15.0. The molecule has 1 saturated carbocycles. The third kappa shape index (κ3) is 3.21. The molecule has 1 aliphatic heterocycles. The van der Waals surface area contributed by atoms with Gasteiger partial charge in [0.15, 0.2) is 0 Å². The van der Waals surface area contributed by atoms with Gasteiger partial charge < -0.3 is 5.32 Å². The van der Waals surface area contributed by atoms with E-state index in [9.17, 15) is 0 Å².